The Labute approximate surface area is 121 Å². The zero-order valence-corrected chi connectivity index (χ0v) is 13.1. The fourth-order valence-electron chi connectivity index (χ4n) is 1.64. The van der Waals surface area contributed by atoms with Gasteiger partial charge < -0.3 is 15.5 Å². The van der Waals surface area contributed by atoms with Crippen molar-refractivity contribution in [1.29, 1.82) is 5.41 Å². The molecule has 104 valence electrons. The van der Waals surface area contributed by atoms with Crippen molar-refractivity contribution in [3.05, 3.63) is 21.8 Å². The molecule has 0 saturated heterocycles. The molecule has 0 bridgehead atoms. The first-order valence-electron chi connectivity index (χ1n) is 6.06. The van der Waals surface area contributed by atoms with Crippen molar-refractivity contribution in [2.24, 2.45) is 0 Å². The second kappa shape index (κ2) is 6.65. The number of esters is 1. The first kappa shape index (κ1) is 15.6. The molecule has 0 amide bonds. The summed E-state index contributed by atoms with van der Waals surface area (Å²) in [4.78, 5) is 16.3. The van der Waals surface area contributed by atoms with Crippen LogP contribution in [0.15, 0.2) is 10.7 Å². The molecule has 1 aromatic rings. The zero-order chi connectivity index (χ0) is 14.6. The normalized spacial score (nSPS) is 10.4. The van der Waals surface area contributed by atoms with Crippen LogP contribution in [0.3, 0.4) is 0 Å². The minimum atomic E-state index is -0.445. The van der Waals surface area contributed by atoms with Gasteiger partial charge in [0.15, 0.2) is 0 Å². The Kier molecular flexibility index (Phi) is 5.47. The maximum Gasteiger partial charge on any atom is 0.339 e. The number of anilines is 1. The van der Waals surface area contributed by atoms with Gasteiger partial charge >= 0.3 is 5.97 Å². The molecule has 5 nitrogen and oxygen atoms in total. The molecule has 2 N–H and O–H groups in total. The number of ether oxygens (including phenoxy) is 1. The molecule has 1 aromatic heterocycles. The van der Waals surface area contributed by atoms with Crippen LogP contribution >= 0.6 is 15.9 Å². The number of carbonyl (C=O) groups is 1. The summed E-state index contributed by atoms with van der Waals surface area (Å²) < 4.78 is 5.55. The van der Waals surface area contributed by atoms with Crippen molar-refractivity contribution in [2.45, 2.75) is 33.7 Å². The molecule has 0 aliphatic carbocycles. The van der Waals surface area contributed by atoms with Crippen molar-refractivity contribution >= 4 is 33.4 Å². The van der Waals surface area contributed by atoms with Gasteiger partial charge in [0.25, 0.3) is 0 Å². The van der Waals surface area contributed by atoms with Crippen LogP contribution in [0.2, 0.25) is 0 Å². The summed E-state index contributed by atoms with van der Waals surface area (Å²) in [5.74, 6) is 0.0685. The average molecular weight is 328 g/mol. The Balaban J connectivity index is 3.39. The minimum absolute atomic E-state index is 0.148. The van der Waals surface area contributed by atoms with Crippen LogP contribution in [-0.4, -0.2) is 29.3 Å². The Morgan fingerprint density at radius 3 is 2.68 bits per heavy atom. The second-order valence-corrected chi connectivity index (χ2v) is 5.17. The summed E-state index contributed by atoms with van der Waals surface area (Å²) in [5, 5.41) is 11.0. The minimum Gasteiger partial charge on any atom is -0.462 e. The van der Waals surface area contributed by atoms with Crippen molar-refractivity contribution in [3.8, 4) is 0 Å². The Morgan fingerprint density at radius 1 is 1.58 bits per heavy atom. The maximum absolute atomic E-state index is 12.0. The van der Waals surface area contributed by atoms with Gasteiger partial charge in [-0.15, -0.1) is 0 Å². The number of rotatable bonds is 5. The van der Waals surface area contributed by atoms with E-state index in [-0.39, 0.29) is 11.8 Å². The van der Waals surface area contributed by atoms with Crippen LogP contribution in [0, 0.1) is 5.41 Å². The average Bonchev–Trinajstić information content (AvgIpc) is 2.26. The summed E-state index contributed by atoms with van der Waals surface area (Å²) in [7, 11) is 0. The third-order valence-electron chi connectivity index (χ3n) is 2.28. The largest absolute Gasteiger partial charge is 0.462 e. The SMILES string of the molecule is CCOC(=O)c1cc(Br)nc(NC(C)C)c1C(C)=N. The monoisotopic (exact) mass is 327 g/mol. The van der Waals surface area contributed by atoms with Crippen molar-refractivity contribution in [2.75, 3.05) is 11.9 Å². The molecular weight excluding hydrogens is 310 g/mol. The van der Waals surface area contributed by atoms with Crippen LogP contribution in [0.25, 0.3) is 0 Å². The molecule has 0 aromatic carbocycles. The van der Waals surface area contributed by atoms with E-state index in [0.717, 1.165) is 0 Å². The van der Waals surface area contributed by atoms with E-state index in [0.29, 0.717) is 28.2 Å². The fourth-order valence-corrected chi connectivity index (χ4v) is 2.05. The Morgan fingerprint density at radius 2 is 2.21 bits per heavy atom. The fraction of sp³-hybridized carbons (Fsp3) is 0.462. The number of halogens is 1. The molecule has 0 saturated carbocycles. The third-order valence-corrected chi connectivity index (χ3v) is 2.69. The Hall–Kier alpha value is -1.43. The number of hydrogen-bond donors (Lipinski definition) is 2. The molecule has 0 fully saturated rings. The van der Waals surface area contributed by atoms with Crippen LogP contribution in [0.5, 0.6) is 0 Å². The summed E-state index contributed by atoms with van der Waals surface area (Å²) in [6.07, 6.45) is 0. The van der Waals surface area contributed by atoms with Gasteiger partial charge in [0, 0.05) is 11.8 Å². The standard InChI is InChI=1S/C13H18BrN3O2/c1-5-19-13(18)9-6-10(14)17-12(16-7(2)3)11(9)8(4)15/h6-7,15H,5H2,1-4H3,(H,16,17). The van der Waals surface area contributed by atoms with Gasteiger partial charge in [0.1, 0.15) is 10.4 Å². The molecule has 0 spiro atoms. The molecule has 1 rings (SSSR count). The van der Waals surface area contributed by atoms with E-state index in [1.54, 1.807) is 19.9 Å². The van der Waals surface area contributed by atoms with E-state index in [1.165, 1.54) is 0 Å². The molecule has 1 heterocycles. The highest BCUT2D eigenvalue weighted by Crippen LogP contribution is 2.24. The van der Waals surface area contributed by atoms with Crippen LogP contribution in [0.1, 0.15) is 43.6 Å². The molecule has 0 atom stereocenters. The van der Waals surface area contributed by atoms with Crippen LogP contribution in [0.4, 0.5) is 5.82 Å². The maximum atomic E-state index is 12.0. The highest BCUT2D eigenvalue weighted by atomic mass is 79.9. The molecular formula is C13H18BrN3O2. The lowest BCUT2D eigenvalue weighted by Crippen LogP contribution is -2.18. The summed E-state index contributed by atoms with van der Waals surface area (Å²) >= 11 is 3.28. The van der Waals surface area contributed by atoms with Crippen molar-refractivity contribution in [3.63, 3.8) is 0 Å². The van der Waals surface area contributed by atoms with E-state index >= 15 is 0 Å². The van der Waals surface area contributed by atoms with E-state index < -0.39 is 5.97 Å². The van der Waals surface area contributed by atoms with Crippen molar-refractivity contribution in [1.82, 2.24) is 4.98 Å². The lowest BCUT2D eigenvalue weighted by atomic mass is 10.0. The summed E-state index contributed by atoms with van der Waals surface area (Å²) in [6.45, 7) is 7.60. The van der Waals surface area contributed by atoms with Crippen LogP contribution < -0.4 is 5.32 Å². The smallest absolute Gasteiger partial charge is 0.339 e. The van der Waals surface area contributed by atoms with E-state index in [9.17, 15) is 4.79 Å². The number of pyridine rings is 1. The number of carbonyl (C=O) groups excluding carboxylic acids is 1. The van der Waals surface area contributed by atoms with Crippen molar-refractivity contribution < 1.29 is 9.53 Å². The van der Waals surface area contributed by atoms with E-state index in [1.807, 2.05) is 13.8 Å². The predicted octanol–water partition coefficient (Wildman–Crippen LogP) is 3.23. The first-order chi connectivity index (χ1) is 8.86. The molecule has 19 heavy (non-hydrogen) atoms. The van der Waals surface area contributed by atoms with Gasteiger partial charge in [0.2, 0.25) is 0 Å². The molecule has 0 aliphatic heterocycles. The van der Waals surface area contributed by atoms with Gasteiger partial charge in [-0.3, -0.25) is 0 Å². The number of hydrogen-bond acceptors (Lipinski definition) is 5. The van der Waals surface area contributed by atoms with Gasteiger partial charge in [-0.05, 0) is 49.7 Å². The zero-order valence-electron chi connectivity index (χ0n) is 11.5. The van der Waals surface area contributed by atoms with Gasteiger partial charge in [0.05, 0.1) is 17.7 Å². The molecule has 0 unspecified atom stereocenters. The third kappa shape index (κ3) is 4.02. The molecule has 0 radical (unpaired) electrons. The van der Waals surface area contributed by atoms with Gasteiger partial charge in [-0.2, -0.15) is 0 Å². The molecule has 6 heteroatoms. The number of nitrogens with one attached hydrogen (secondary N) is 2. The Bertz CT molecular complexity index is 501. The first-order valence-corrected chi connectivity index (χ1v) is 6.85. The highest BCUT2D eigenvalue weighted by Gasteiger charge is 2.20. The lowest BCUT2D eigenvalue weighted by Gasteiger charge is -2.16. The van der Waals surface area contributed by atoms with Crippen LogP contribution in [-0.2, 0) is 4.74 Å². The quantitative estimate of drug-likeness (QED) is 0.494. The van der Waals surface area contributed by atoms with E-state index in [4.69, 9.17) is 10.1 Å². The topological polar surface area (TPSA) is 75.1 Å². The molecule has 0 aliphatic rings. The highest BCUT2D eigenvalue weighted by molar-refractivity contribution is 9.10. The summed E-state index contributed by atoms with van der Waals surface area (Å²) in [5.41, 5.74) is 1.10. The number of aromatic nitrogens is 1. The number of nitrogens with zero attached hydrogens (tertiary/aromatic N) is 1. The van der Waals surface area contributed by atoms with Gasteiger partial charge in [-0.25, -0.2) is 9.78 Å². The van der Waals surface area contributed by atoms with E-state index in [2.05, 4.69) is 26.2 Å². The summed E-state index contributed by atoms with van der Waals surface area (Å²) in [6, 6.07) is 1.73. The lowest BCUT2D eigenvalue weighted by molar-refractivity contribution is 0.0526. The predicted molar refractivity (Wildman–Crippen MR) is 79.2 cm³/mol. The van der Waals surface area contributed by atoms with Gasteiger partial charge in [-0.1, -0.05) is 0 Å². The second-order valence-electron chi connectivity index (χ2n) is 4.36.